The van der Waals surface area contributed by atoms with Crippen molar-refractivity contribution in [3.8, 4) is 5.75 Å². The standard InChI is InChI=1S/C22H27BN2O4/c1-14(16-8-4-5-10-18(16)22(27)25(2)3)21(26)24-20(23-28)12-15-13-29-19-11-7-6-9-17(15)19/h4-11,14-15,20,23,28H,12-13H2,1-3H3,(H,24,26)/t14-,15-,20+/m1/s1. The van der Waals surface area contributed by atoms with Crippen molar-refractivity contribution in [2.75, 3.05) is 20.7 Å². The van der Waals surface area contributed by atoms with Crippen LogP contribution in [0.1, 0.15) is 46.7 Å². The maximum Gasteiger partial charge on any atom is 0.293 e. The van der Waals surface area contributed by atoms with Crippen LogP contribution in [0, 0.1) is 0 Å². The van der Waals surface area contributed by atoms with Gasteiger partial charge in [-0.25, -0.2) is 0 Å². The number of nitrogens with zero attached hydrogens (tertiary/aromatic N) is 1. The van der Waals surface area contributed by atoms with Gasteiger partial charge < -0.3 is 20.0 Å². The zero-order chi connectivity index (χ0) is 21.0. The number of ether oxygens (including phenoxy) is 1. The van der Waals surface area contributed by atoms with Gasteiger partial charge in [-0.3, -0.25) is 9.59 Å². The summed E-state index contributed by atoms with van der Waals surface area (Å²) in [6.07, 6.45) is 0.588. The molecule has 0 saturated heterocycles. The summed E-state index contributed by atoms with van der Waals surface area (Å²) in [5, 5.41) is 12.8. The van der Waals surface area contributed by atoms with E-state index in [0.29, 0.717) is 24.2 Å². The van der Waals surface area contributed by atoms with Crippen molar-refractivity contribution in [2.45, 2.75) is 31.1 Å². The molecule has 0 unspecified atom stereocenters. The average molecular weight is 394 g/mol. The first-order valence-electron chi connectivity index (χ1n) is 9.86. The molecule has 2 amide bonds. The maximum absolute atomic E-state index is 12.9. The lowest BCUT2D eigenvalue weighted by molar-refractivity contribution is -0.122. The molecule has 0 aromatic heterocycles. The van der Waals surface area contributed by atoms with E-state index >= 15 is 0 Å². The van der Waals surface area contributed by atoms with Crippen LogP contribution < -0.4 is 10.1 Å². The van der Waals surface area contributed by atoms with E-state index in [-0.39, 0.29) is 31.2 Å². The Balaban J connectivity index is 1.70. The van der Waals surface area contributed by atoms with E-state index in [0.717, 1.165) is 11.3 Å². The molecule has 0 bridgehead atoms. The van der Waals surface area contributed by atoms with Crippen LogP contribution in [0.5, 0.6) is 5.75 Å². The summed E-state index contributed by atoms with van der Waals surface area (Å²) in [6, 6.07) is 15.0. The Morgan fingerprint density at radius 1 is 1.21 bits per heavy atom. The largest absolute Gasteiger partial charge is 0.493 e. The molecule has 3 rings (SSSR count). The highest BCUT2D eigenvalue weighted by Crippen LogP contribution is 2.36. The highest BCUT2D eigenvalue weighted by atomic mass is 16.5. The fraction of sp³-hybridized carbons (Fsp3) is 0.364. The number of carbonyl (C=O) groups is 2. The van der Waals surface area contributed by atoms with Crippen LogP contribution in [-0.4, -0.2) is 55.9 Å². The smallest absolute Gasteiger partial charge is 0.293 e. The van der Waals surface area contributed by atoms with Gasteiger partial charge in [-0.15, -0.1) is 0 Å². The van der Waals surface area contributed by atoms with E-state index in [1.165, 1.54) is 4.90 Å². The molecule has 1 aliphatic heterocycles. The Labute approximate surface area is 172 Å². The van der Waals surface area contributed by atoms with Crippen LogP contribution in [0.2, 0.25) is 0 Å². The predicted octanol–water partition coefficient (Wildman–Crippen LogP) is 1.84. The number of benzene rings is 2. The minimum atomic E-state index is -0.517. The Morgan fingerprint density at radius 2 is 1.90 bits per heavy atom. The molecule has 1 aliphatic rings. The minimum absolute atomic E-state index is 0.126. The normalized spacial score (nSPS) is 16.9. The maximum atomic E-state index is 12.9. The third-order valence-corrected chi connectivity index (χ3v) is 5.39. The zero-order valence-corrected chi connectivity index (χ0v) is 17.1. The van der Waals surface area contributed by atoms with Crippen LogP contribution in [0.4, 0.5) is 0 Å². The van der Waals surface area contributed by atoms with Gasteiger partial charge in [-0.1, -0.05) is 36.4 Å². The van der Waals surface area contributed by atoms with E-state index in [1.807, 2.05) is 30.3 Å². The predicted molar refractivity (Wildman–Crippen MR) is 113 cm³/mol. The van der Waals surface area contributed by atoms with E-state index < -0.39 is 5.92 Å². The van der Waals surface area contributed by atoms with Gasteiger partial charge in [0.25, 0.3) is 13.4 Å². The van der Waals surface area contributed by atoms with E-state index in [2.05, 4.69) is 5.32 Å². The van der Waals surface area contributed by atoms with Gasteiger partial charge >= 0.3 is 0 Å². The molecule has 0 saturated carbocycles. The number of nitrogens with one attached hydrogen (secondary N) is 1. The Bertz CT molecular complexity index is 887. The second kappa shape index (κ2) is 9.14. The zero-order valence-electron chi connectivity index (χ0n) is 17.1. The van der Waals surface area contributed by atoms with Gasteiger partial charge in [-0.05, 0) is 31.0 Å². The first-order chi connectivity index (χ1) is 13.9. The summed E-state index contributed by atoms with van der Waals surface area (Å²) in [7, 11) is 3.22. The topological polar surface area (TPSA) is 78.9 Å². The van der Waals surface area contributed by atoms with Gasteiger partial charge in [0.05, 0.1) is 12.5 Å². The Hall–Kier alpha value is -2.80. The van der Waals surface area contributed by atoms with Crippen molar-refractivity contribution >= 4 is 19.3 Å². The lowest BCUT2D eigenvalue weighted by atomic mass is 9.79. The molecule has 2 aromatic rings. The third kappa shape index (κ3) is 4.62. The van der Waals surface area contributed by atoms with E-state index in [9.17, 15) is 14.6 Å². The molecule has 29 heavy (non-hydrogen) atoms. The van der Waals surface area contributed by atoms with Crippen molar-refractivity contribution < 1.29 is 19.3 Å². The lowest BCUT2D eigenvalue weighted by Gasteiger charge is -2.23. The number of amides is 2. The van der Waals surface area contributed by atoms with Crippen LogP contribution in [0.25, 0.3) is 0 Å². The fourth-order valence-electron chi connectivity index (χ4n) is 3.72. The summed E-state index contributed by atoms with van der Waals surface area (Å²) >= 11 is 0. The molecule has 152 valence electrons. The summed E-state index contributed by atoms with van der Waals surface area (Å²) in [6.45, 7) is 2.32. The monoisotopic (exact) mass is 394 g/mol. The molecule has 0 aliphatic carbocycles. The van der Waals surface area contributed by atoms with E-state index in [1.54, 1.807) is 39.2 Å². The van der Waals surface area contributed by atoms with Gasteiger partial charge in [0.15, 0.2) is 0 Å². The van der Waals surface area contributed by atoms with Crippen LogP contribution in [0.3, 0.4) is 0 Å². The molecule has 3 atom stereocenters. The van der Waals surface area contributed by atoms with Crippen molar-refractivity contribution in [3.63, 3.8) is 0 Å². The highest BCUT2D eigenvalue weighted by molar-refractivity contribution is 6.28. The fourth-order valence-corrected chi connectivity index (χ4v) is 3.72. The summed E-state index contributed by atoms with van der Waals surface area (Å²) < 4.78 is 5.71. The average Bonchev–Trinajstić information content (AvgIpc) is 3.14. The summed E-state index contributed by atoms with van der Waals surface area (Å²) in [5.41, 5.74) is 2.30. The van der Waals surface area contributed by atoms with Gasteiger partial charge in [-0.2, -0.15) is 0 Å². The molecule has 2 N–H and O–H groups in total. The van der Waals surface area contributed by atoms with Crippen LogP contribution >= 0.6 is 0 Å². The van der Waals surface area contributed by atoms with Crippen molar-refractivity contribution in [1.82, 2.24) is 10.2 Å². The van der Waals surface area contributed by atoms with Crippen molar-refractivity contribution in [2.24, 2.45) is 0 Å². The lowest BCUT2D eigenvalue weighted by Crippen LogP contribution is -2.42. The number of carbonyl (C=O) groups excluding carboxylic acids is 2. The molecule has 0 spiro atoms. The second-order valence-corrected chi connectivity index (χ2v) is 7.68. The number of hydrogen-bond donors (Lipinski definition) is 2. The number of hydrogen-bond acceptors (Lipinski definition) is 4. The molecule has 2 aromatic carbocycles. The molecular weight excluding hydrogens is 367 g/mol. The van der Waals surface area contributed by atoms with Crippen molar-refractivity contribution in [1.29, 1.82) is 0 Å². The molecule has 1 heterocycles. The Kier molecular flexibility index (Phi) is 6.59. The molecule has 0 fully saturated rings. The van der Waals surface area contributed by atoms with Gasteiger partial charge in [0.1, 0.15) is 5.75 Å². The first-order valence-corrected chi connectivity index (χ1v) is 9.86. The quantitative estimate of drug-likeness (QED) is 0.703. The minimum Gasteiger partial charge on any atom is -0.493 e. The number of fused-ring (bicyclic) bond motifs is 1. The SMILES string of the molecule is C[C@@H](C(=O)N[C@H](BO)C[C@@H]1COc2ccccc21)c1ccccc1C(=O)N(C)C. The third-order valence-electron chi connectivity index (χ3n) is 5.39. The van der Waals surface area contributed by atoms with E-state index in [4.69, 9.17) is 4.74 Å². The summed E-state index contributed by atoms with van der Waals surface area (Å²) in [4.78, 5) is 26.9. The van der Waals surface area contributed by atoms with Gasteiger partial charge in [0.2, 0.25) is 5.91 Å². The second-order valence-electron chi connectivity index (χ2n) is 7.68. The molecule has 7 heteroatoms. The van der Waals surface area contributed by atoms with Crippen molar-refractivity contribution in [3.05, 3.63) is 65.2 Å². The van der Waals surface area contributed by atoms with Crippen LogP contribution in [0.15, 0.2) is 48.5 Å². The number of para-hydroxylation sites is 1. The molecule has 6 nitrogen and oxygen atoms in total. The number of rotatable bonds is 7. The highest BCUT2D eigenvalue weighted by Gasteiger charge is 2.29. The molecular formula is C22H27BN2O4. The first kappa shape index (κ1) is 20.9. The Morgan fingerprint density at radius 3 is 2.62 bits per heavy atom. The molecule has 0 radical (unpaired) electrons. The van der Waals surface area contributed by atoms with Gasteiger partial charge in [0, 0.05) is 37.1 Å². The summed E-state index contributed by atoms with van der Waals surface area (Å²) in [5.74, 6) is -0.266. The van der Waals surface area contributed by atoms with Crippen LogP contribution in [-0.2, 0) is 4.79 Å².